The second kappa shape index (κ2) is 6.64. The van der Waals surface area contributed by atoms with Crippen molar-refractivity contribution < 1.29 is 9.13 Å². The van der Waals surface area contributed by atoms with Crippen LogP contribution in [0.1, 0.15) is 33.6 Å². The highest BCUT2D eigenvalue weighted by Crippen LogP contribution is 2.33. The predicted molar refractivity (Wildman–Crippen MR) is 82.3 cm³/mol. The van der Waals surface area contributed by atoms with Crippen LogP contribution in [0.15, 0.2) is 24.3 Å². The molecule has 0 bridgehead atoms. The van der Waals surface area contributed by atoms with Gasteiger partial charge in [0.2, 0.25) is 0 Å². The Labute approximate surface area is 128 Å². The molecule has 1 atom stereocenters. The van der Waals surface area contributed by atoms with Gasteiger partial charge in [0.05, 0.1) is 18.3 Å². The maximum atomic E-state index is 13.1. The Kier molecular flexibility index (Phi) is 4.63. The Morgan fingerprint density at radius 1 is 1.33 bits per heavy atom. The lowest BCUT2D eigenvalue weighted by Crippen LogP contribution is -2.26. The first-order chi connectivity index (χ1) is 10.3. The smallest absolute Gasteiger partial charge is 0.123 e. The topological polar surface area (TPSA) is 34.1 Å². The first kappa shape index (κ1) is 14.6. The Hall–Kier alpha value is -1.30. The molecule has 21 heavy (non-hydrogen) atoms. The summed E-state index contributed by atoms with van der Waals surface area (Å²) in [7, 11) is 1.69. The summed E-state index contributed by atoms with van der Waals surface area (Å²) in [5.41, 5.74) is 2.29. The van der Waals surface area contributed by atoms with Gasteiger partial charge >= 0.3 is 0 Å². The van der Waals surface area contributed by atoms with Gasteiger partial charge in [-0.2, -0.15) is 0 Å². The minimum absolute atomic E-state index is 0.0105. The molecule has 1 unspecified atom stereocenters. The molecule has 1 aliphatic carbocycles. The summed E-state index contributed by atoms with van der Waals surface area (Å²) in [5, 5.41) is 4.53. The Morgan fingerprint density at radius 2 is 2.14 bits per heavy atom. The summed E-state index contributed by atoms with van der Waals surface area (Å²) >= 11 is 1.78. The third kappa shape index (κ3) is 3.31. The molecule has 1 aliphatic rings. The van der Waals surface area contributed by atoms with E-state index in [1.807, 2.05) is 12.1 Å². The maximum absolute atomic E-state index is 13.1. The van der Waals surface area contributed by atoms with E-state index in [1.165, 1.54) is 29.1 Å². The number of thiazole rings is 1. The SMILES string of the molecule is COCCNC(c1ccc(F)cc1)c1nc2c(s1)CCC2. The third-order valence-corrected chi connectivity index (χ3v) is 4.94. The van der Waals surface area contributed by atoms with Gasteiger partial charge in [0.25, 0.3) is 0 Å². The number of aromatic nitrogens is 1. The fourth-order valence-corrected chi connectivity index (χ4v) is 3.90. The highest BCUT2D eigenvalue weighted by Gasteiger charge is 2.23. The second-order valence-electron chi connectivity index (χ2n) is 5.21. The summed E-state index contributed by atoms with van der Waals surface area (Å²) < 4.78 is 18.2. The van der Waals surface area contributed by atoms with Crippen LogP contribution in [0.3, 0.4) is 0 Å². The van der Waals surface area contributed by atoms with Crippen LogP contribution in [0.5, 0.6) is 0 Å². The van der Waals surface area contributed by atoms with Gasteiger partial charge in [0.1, 0.15) is 10.8 Å². The van der Waals surface area contributed by atoms with Crippen molar-refractivity contribution in [2.24, 2.45) is 0 Å². The molecule has 5 heteroatoms. The molecule has 0 fully saturated rings. The lowest BCUT2D eigenvalue weighted by Gasteiger charge is -2.17. The molecule has 1 aromatic carbocycles. The van der Waals surface area contributed by atoms with E-state index in [2.05, 4.69) is 5.32 Å². The first-order valence-corrected chi connectivity index (χ1v) is 8.06. The number of rotatable bonds is 6. The standard InChI is InChI=1S/C16H19FN2OS/c1-20-10-9-18-15(11-5-7-12(17)8-6-11)16-19-13-3-2-4-14(13)21-16/h5-8,15,18H,2-4,9-10H2,1H3. The molecule has 0 amide bonds. The maximum Gasteiger partial charge on any atom is 0.123 e. The van der Waals surface area contributed by atoms with Crippen molar-refractivity contribution >= 4 is 11.3 Å². The van der Waals surface area contributed by atoms with E-state index < -0.39 is 0 Å². The molecule has 0 aliphatic heterocycles. The summed E-state index contributed by atoms with van der Waals surface area (Å²) in [5.74, 6) is -0.212. The molecule has 112 valence electrons. The molecular weight excluding hydrogens is 287 g/mol. The Morgan fingerprint density at radius 3 is 2.86 bits per heavy atom. The number of nitrogens with zero attached hydrogens (tertiary/aromatic N) is 1. The molecule has 0 spiro atoms. The number of hydrogen-bond acceptors (Lipinski definition) is 4. The van der Waals surface area contributed by atoms with Crippen molar-refractivity contribution in [3.8, 4) is 0 Å². The van der Waals surface area contributed by atoms with Crippen molar-refractivity contribution in [2.45, 2.75) is 25.3 Å². The van der Waals surface area contributed by atoms with E-state index in [1.54, 1.807) is 18.4 Å². The van der Waals surface area contributed by atoms with Crippen LogP contribution in [0.25, 0.3) is 0 Å². The van der Waals surface area contributed by atoms with Crippen molar-refractivity contribution in [3.63, 3.8) is 0 Å². The number of benzene rings is 1. The third-order valence-electron chi connectivity index (χ3n) is 3.72. The zero-order valence-electron chi connectivity index (χ0n) is 12.1. The van der Waals surface area contributed by atoms with Crippen LogP contribution in [-0.2, 0) is 17.6 Å². The molecule has 1 heterocycles. The molecule has 1 aromatic heterocycles. The molecule has 2 aromatic rings. The molecule has 0 saturated heterocycles. The van der Waals surface area contributed by atoms with Crippen LogP contribution < -0.4 is 5.32 Å². The molecule has 0 saturated carbocycles. The van der Waals surface area contributed by atoms with E-state index in [4.69, 9.17) is 9.72 Å². The van der Waals surface area contributed by atoms with Gasteiger partial charge in [-0.05, 0) is 37.0 Å². The zero-order valence-corrected chi connectivity index (χ0v) is 12.9. The summed E-state index contributed by atoms with van der Waals surface area (Å²) in [4.78, 5) is 6.20. The number of ether oxygens (including phenoxy) is 1. The predicted octanol–water partition coefficient (Wildman–Crippen LogP) is 3.10. The largest absolute Gasteiger partial charge is 0.383 e. The van der Waals surface area contributed by atoms with Crippen LogP contribution in [0.2, 0.25) is 0 Å². The van der Waals surface area contributed by atoms with Crippen LogP contribution in [-0.4, -0.2) is 25.2 Å². The van der Waals surface area contributed by atoms with E-state index >= 15 is 0 Å². The van der Waals surface area contributed by atoms with Gasteiger partial charge in [-0.3, -0.25) is 0 Å². The normalized spacial score (nSPS) is 15.1. The van der Waals surface area contributed by atoms with Crippen LogP contribution >= 0.6 is 11.3 Å². The molecule has 0 radical (unpaired) electrons. The van der Waals surface area contributed by atoms with Crippen molar-refractivity contribution in [3.05, 3.63) is 51.2 Å². The second-order valence-corrected chi connectivity index (χ2v) is 6.32. The molecule has 1 N–H and O–H groups in total. The summed E-state index contributed by atoms with van der Waals surface area (Å²) in [6.07, 6.45) is 3.44. The monoisotopic (exact) mass is 306 g/mol. The number of nitrogens with one attached hydrogen (secondary N) is 1. The molecular formula is C16H19FN2OS. The van der Waals surface area contributed by atoms with Crippen LogP contribution in [0, 0.1) is 5.82 Å². The van der Waals surface area contributed by atoms with Gasteiger partial charge < -0.3 is 10.1 Å². The fourth-order valence-electron chi connectivity index (χ4n) is 2.64. The van der Waals surface area contributed by atoms with E-state index in [0.717, 1.165) is 30.0 Å². The van der Waals surface area contributed by atoms with Crippen molar-refractivity contribution in [1.29, 1.82) is 0 Å². The zero-order chi connectivity index (χ0) is 14.7. The van der Waals surface area contributed by atoms with Gasteiger partial charge in [-0.1, -0.05) is 12.1 Å². The first-order valence-electron chi connectivity index (χ1n) is 7.24. The number of aryl methyl sites for hydroxylation is 2. The van der Waals surface area contributed by atoms with Crippen molar-refractivity contribution in [2.75, 3.05) is 20.3 Å². The quantitative estimate of drug-likeness (QED) is 0.833. The fraction of sp³-hybridized carbons (Fsp3) is 0.438. The minimum Gasteiger partial charge on any atom is -0.383 e. The minimum atomic E-state index is -0.212. The Balaban J connectivity index is 1.85. The lowest BCUT2D eigenvalue weighted by molar-refractivity contribution is 0.197. The van der Waals surface area contributed by atoms with E-state index in [9.17, 15) is 4.39 Å². The van der Waals surface area contributed by atoms with Gasteiger partial charge in [0, 0.05) is 18.5 Å². The van der Waals surface area contributed by atoms with Gasteiger partial charge in [-0.15, -0.1) is 11.3 Å². The van der Waals surface area contributed by atoms with E-state index in [-0.39, 0.29) is 11.9 Å². The summed E-state index contributed by atoms with van der Waals surface area (Å²) in [6, 6.07) is 6.67. The van der Waals surface area contributed by atoms with Crippen molar-refractivity contribution in [1.82, 2.24) is 10.3 Å². The van der Waals surface area contributed by atoms with Crippen LogP contribution in [0.4, 0.5) is 4.39 Å². The highest BCUT2D eigenvalue weighted by atomic mass is 32.1. The molecule has 3 nitrogen and oxygen atoms in total. The summed E-state index contributed by atoms with van der Waals surface area (Å²) in [6.45, 7) is 1.38. The number of methoxy groups -OCH3 is 1. The average Bonchev–Trinajstić information content (AvgIpc) is 3.06. The lowest BCUT2D eigenvalue weighted by atomic mass is 10.1. The highest BCUT2D eigenvalue weighted by molar-refractivity contribution is 7.11. The number of halogens is 1. The molecule has 3 rings (SSSR count). The Bertz CT molecular complexity index is 575. The van der Waals surface area contributed by atoms with Gasteiger partial charge in [-0.25, -0.2) is 9.37 Å². The van der Waals surface area contributed by atoms with E-state index in [0.29, 0.717) is 6.61 Å². The number of fused-ring (bicyclic) bond motifs is 1. The average molecular weight is 306 g/mol. The number of hydrogen-bond donors (Lipinski definition) is 1. The van der Waals surface area contributed by atoms with Gasteiger partial charge in [0.15, 0.2) is 0 Å².